The maximum absolute atomic E-state index is 12.6. The number of nitrogens with one attached hydrogen (secondary N) is 3. The Hall–Kier alpha value is -4.14. The van der Waals surface area contributed by atoms with Crippen LogP contribution < -0.4 is 20.7 Å². The first-order valence-corrected chi connectivity index (χ1v) is 12.1. The smallest absolute Gasteiger partial charge is 0.255 e. The van der Waals surface area contributed by atoms with Crippen molar-refractivity contribution in [2.45, 2.75) is 19.3 Å². The highest BCUT2D eigenvalue weighted by Gasteiger charge is 2.38. The SMILES string of the molecule is CC1(C)C(=O)Nc2ccc(Nc3ncc(Cl)c(Oc4ccc(C(=O)Nc5ccccc5Cl)cc4)n3)cc21. The lowest BCUT2D eigenvalue weighted by Crippen LogP contribution is -2.26. The van der Waals surface area contributed by atoms with Crippen LogP contribution in [0.25, 0.3) is 0 Å². The summed E-state index contributed by atoms with van der Waals surface area (Å²) in [5.74, 6) is 0.492. The summed E-state index contributed by atoms with van der Waals surface area (Å²) in [7, 11) is 0. The molecule has 3 aromatic carbocycles. The van der Waals surface area contributed by atoms with Crippen LogP contribution in [0.15, 0.2) is 72.9 Å². The van der Waals surface area contributed by atoms with E-state index in [2.05, 4.69) is 25.9 Å². The highest BCUT2D eigenvalue weighted by Crippen LogP contribution is 2.39. The third-order valence-electron chi connectivity index (χ3n) is 5.93. The van der Waals surface area contributed by atoms with E-state index in [0.717, 1.165) is 11.3 Å². The molecular formula is C27H21Cl2N5O3. The van der Waals surface area contributed by atoms with E-state index in [0.29, 0.717) is 27.7 Å². The number of fused-ring (bicyclic) bond motifs is 1. The monoisotopic (exact) mass is 533 g/mol. The zero-order chi connectivity index (χ0) is 26.2. The molecule has 4 aromatic rings. The fraction of sp³-hybridized carbons (Fsp3) is 0.111. The van der Waals surface area contributed by atoms with Gasteiger partial charge in [-0.3, -0.25) is 9.59 Å². The highest BCUT2D eigenvalue weighted by molar-refractivity contribution is 6.34. The van der Waals surface area contributed by atoms with Crippen LogP contribution in [0.4, 0.5) is 23.0 Å². The number of hydrogen-bond acceptors (Lipinski definition) is 6. The Balaban J connectivity index is 1.29. The number of nitrogens with zero attached hydrogens (tertiary/aromatic N) is 2. The van der Waals surface area contributed by atoms with Crippen LogP contribution in [0.1, 0.15) is 29.8 Å². The third kappa shape index (κ3) is 5.07. The van der Waals surface area contributed by atoms with Crippen LogP contribution in [0.3, 0.4) is 0 Å². The molecule has 0 unspecified atom stereocenters. The Morgan fingerprint density at radius 3 is 2.51 bits per heavy atom. The molecule has 0 fully saturated rings. The van der Waals surface area contributed by atoms with Crippen LogP contribution in [-0.2, 0) is 10.2 Å². The first kappa shape index (κ1) is 24.5. The summed E-state index contributed by atoms with van der Waals surface area (Å²) in [5, 5.41) is 9.45. The zero-order valence-corrected chi connectivity index (χ0v) is 21.3. The molecule has 1 aliphatic heterocycles. The molecule has 37 heavy (non-hydrogen) atoms. The molecule has 0 bridgehead atoms. The first-order chi connectivity index (χ1) is 17.7. The van der Waals surface area contributed by atoms with Gasteiger partial charge in [0, 0.05) is 16.9 Å². The van der Waals surface area contributed by atoms with Crippen LogP contribution >= 0.6 is 23.2 Å². The van der Waals surface area contributed by atoms with Crippen molar-refractivity contribution in [3.05, 3.63) is 94.1 Å². The minimum atomic E-state index is -0.640. The van der Waals surface area contributed by atoms with Crippen LogP contribution in [0.5, 0.6) is 11.6 Å². The topological polar surface area (TPSA) is 105 Å². The van der Waals surface area contributed by atoms with E-state index >= 15 is 0 Å². The predicted molar refractivity (Wildman–Crippen MR) is 144 cm³/mol. The van der Waals surface area contributed by atoms with Gasteiger partial charge in [0.25, 0.3) is 5.91 Å². The van der Waals surface area contributed by atoms with E-state index < -0.39 is 5.41 Å². The average Bonchev–Trinajstić information content (AvgIpc) is 3.11. The fourth-order valence-electron chi connectivity index (χ4n) is 3.80. The summed E-state index contributed by atoms with van der Waals surface area (Å²) in [6, 6.07) is 19.1. The summed E-state index contributed by atoms with van der Waals surface area (Å²) >= 11 is 12.4. The summed E-state index contributed by atoms with van der Waals surface area (Å²) in [4.78, 5) is 33.4. The maximum Gasteiger partial charge on any atom is 0.255 e. The van der Waals surface area contributed by atoms with Crippen molar-refractivity contribution in [3.63, 3.8) is 0 Å². The molecule has 2 amide bonds. The number of amides is 2. The number of benzene rings is 3. The maximum atomic E-state index is 12.6. The van der Waals surface area contributed by atoms with E-state index in [9.17, 15) is 9.59 Å². The Bertz CT molecular complexity index is 1520. The number of ether oxygens (including phenoxy) is 1. The quantitative estimate of drug-likeness (QED) is 0.251. The minimum Gasteiger partial charge on any atom is -0.437 e. The van der Waals surface area contributed by atoms with Crippen molar-refractivity contribution < 1.29 is 14.3 Å². The van der Waals surface area contributed by atoms with Gasteiger partial charge in [-0.05, 0) is 74.0 Å². The number of para-hydroxylation sites is 1. The van der Waals surface area contributed by atoms with Gasteiger partial charge in [-0.25, -0.2) is 4.98 Å². The van der Waals surface area contributed by atoms with Crippen LogP contribution in [0.2, 0.25) is 10.0 Å². The Kier molecular flexibility index (Phi) is 6.45. The van der Waals surface area contributed by atoms with Gasteiger partial charge in [0.15, 0.2) is 0 Å². The summed E-state index contributed by atoms with van der Waals surface area (Å²) < 4.78 is 5.85. The van der Waals surface area contributed by atoms with Gasteiger partial charge < -0.3 is 20.7 Å². The molecule has 2 heterocycles. The van der Waals surface area contributed by atoms with Crippen molar-refractivity contribution in [3.8, 4) is 11.6 Å². The third-order valence-corrected chi connectivity index (χ3v) is 6.52. The van der Waals surface area contributed by atoms with Gasteiger partial charge in [-0.15, -0.1) is 0 Å². The largest absolute Gasteiger partial charge is 0.437 e. The van der Waals surface area contributed by atoms with Gasteiger partial charge in [0.05, 0.1) is 22.3 Å². The molecule has 0 saturated carbocycles. The highest BCUT2D eigenvalue weighted by atomic mass is 35.5. The molecule has 1 aliphatic rings. The number of carbonyl (C=O) groups excluding carboxylic acids is 2. The molecule has 5 rings (SSSR count). The van der Waals surface area contributed by atoms with Gasteiger partial charge in [0.1, 0.15) is 10.8 Å². The predicted octanol–water partition coefficient (Wildman–Crippen LogP) is 6.80. The minimum absolute atomic E-state index is 0.0505. The van der Waals surface area contributed by atoms with Crippen molar-refractivity contribution >= 4 is 58.0 Å². The zero-order valence-electron chi connectivity index (χ0n) is 19.8. The molecule has 0 aliphatic carbocycles. The molecule has 0 radical (unpaired) electrons. The number of anilines is 4. The first-order valence-electron chi connectivity index (χ1n) is 11.3. The average molecular weight is 534 g/mol. The molecule has 0 saturated heterocycles. The summed E-state index contributed by atoms with van der Waals surface area (Å²) in [6.45, 7) is 3.74. The lowest BCUT2D eigenvalue weighted by molar-refractivity contribution is -0.119. The van der Waals surface area contributed by atoms with Gasteiger partial charge in [0.2, 0.25) is 17.7 Å². The lowest BCUT2D eigenvalue weighted by Gasteiger charge is -2.16. The molecular weight excluding hydrogens is 513 g/mol. The van der Waals surface area contributed by atoms with Crippen LogP contribution in [-0.4, -0.2) is 21.8 Å². The molecule has 1 aromatic heterocycles. The lowest BCUT2D eigenvalue weighted by atomic mass is 9.86. The van der Waals surface area contributed by atoms with Gasteiger partial charge >= 0.3 is 0 Å². The Morgan fingerprint density at radius 2 is 1.76 bits per heavy atom. The Labute approximate surface area is 223 Å². The molecule has 186 valence electrons. The van der Waals surface area contributed by atoms with E-state index in [1.807, 2.05) is 32.0 Å². The van der Waals surface area contributed by atoms with Crippen molar-refractivity contribution in [1.29, 1.82) is 0 Å². The van der Waals surface area contributed by atoms with Crippen molar-refractivity contribution in [1.82, 2.24) is 9.97 Å². The number of carbonyl (C=O) groups is 2. The summed E-state index contributed by atoms with van der Waals surface area (Å²) in [5.41, 5.74) is 2.69. The number of rotatable bonds is 6. The number of aromatic nitrogens is 2. The normalized spacial score (nSPS) is 13.5. The van der Waals surface area contributed by atoms with E-state index in [1.54, 1.807) is 48.5 Å². The fourth-order valence-corrected chi connectivity index (χ4v) is 4.12. The molecule has 8 nitrogen and oxygen atoms in total. The summed E-state index contributed by atoms with van der Waals surface area (Å²) in [6.07, 6.45) is 1.43. The van der Waals surface area contributed by atoms with E-state index in [1.165, 1.54) is 6.20 Å². The Morgan fingerprint density at radius 1 is 1.00 bits per heavy atom. The van der Waals surface area contributed by atoms with Gasteiger partial charge in [-0.2, -0.15) is 4.98 Å². The molecule has 0 spiro atoms. The molecule has 0 atom stereocenters. The van der Waals surface area contributed by atoms with Crippen molar-refractivity contribution in [2.75, 3.05) is 16.0 Å². The second-order valence-electron chi connectivity index (χ2n) is 8.87. The van der Waals surface area contributed by atoms with Crippen LogP contribution in [0, 0.1) is 0 Å². The van der Waals surface area contributed by atoms with E-state index in [-0.39, 0.29) is 28.7 Å². The van der Waals surface area contributed by atoms with Gasteiger partial charge in [-0.1, -0.05) is 35.3 Å². The second kappa shape index (κ2) is 9.72. The van der Waals surface area contributed by atoms with Crippen molar-refractivity contribution in [2.24, 2.45) is 0 Å². The standard InChI is InChI=1S/C27H21Cl2N5O3/c1-27(2)18-13-16(9-12-21(18)33-25(27)36)31-26-30-14-20(29)24(34-26)37-17-10-7-15(8-11-17)23(35)32-22-6-4-3-5-19(22)28/h3-14H,1-2H3,(H,32,35)(H,33,36)(H,30,31,34). The van der Waals surface area contributed by atoms with E-state index in [4.69, 9.17) is 27.9 Å². The molecule has 10 heteroatoms. The second-order valence-corrected chi connectivity index (χ2v) is 9.69. The number of halogens is 2. The number of hydrogen-bond donors (Lipinski definition) is 3. The molecule has 3 N–H and O–H groups in total.